The second-order valence-electron chi connectivity index (χ2n) is 3.36. The van der Waals surface area contributed by atoms with Crippen LogP contribution in [0.5, 0.6) is 0 Å². The zero-order valence-electron chi connectivity index (χ0n) is 8.47. The Kier molecular flexibility index (Phi) is 4.01. The topological polar surface area (TPSA) is 20.3 Å². The molecule has 14 heavy (non-hydrogen) atoms. The van der Waals surface area contributed by atoms with Crippen molar-refractivity contribution in [2.75, 3.05) is 7.05 Å². The van der Waals surface area contributed by atoms with Gasteiger partial charge in [0.05, 0.1) is 5.25 Å². The third kappa shape index (κ3) is 3.07. The van der Waals surface area contributed by atoms with Crippen LogP contribution in [-0.2, 0) is 11.3 Å². The number of carbonyl (C=O) groups is 1. The van der Waals surface area contributed by atoms with Crippen LogP contribution in [-0.4, -0.2) is 23.1 Å². The van der Waals surface area contributed by atoms with Gasteiger partial charge in [-0.25, -0.2) is 0 Å². The zero-order valence-corrected chi connectivity index (χ0v) is 9.37. The Bertz CT molecular complexity index is 297. The molecule has 2 nitrogen and oxygen atoms in total. The fraction of sp³-hybridized carbons (Fsp3) is 0.364. The highest BCUT2D eigenvalue weighted by atomic mass is 32.1. The highest BCUT2D eigenvalue weighted by Crippen LogP contribution is 2.05. The second kappa shape index (κ2) is 5.05. The van der Waals surface area contributed by atoms with Gasteiger partial charge in [-0.1, -0.05) is 30.3 Å². The number of hydrogen-bond acceptors (Lipinski definition) is 2. The Hall–Kier alpha value is -0.960. The molecule has 1 unspecified atom stereocenters. The van der Waals surface area contributed by atoms with E-state index in [1.165, 1.54) is 0 Å². The minimum atomic E-state index is -0.233. The molecule has 1 atom stereocenters. The minimum Gasteiger partial charge on any atom is -0.340 e. The van der Waals surface area contributed by atoms with Crippen LogP contribution < -0.4 is 0 Å². The van der Waals surface area contributed by atoms with Crippen molar-refractivity contribution in [3.63, 3.8) is 0 Å². The van der Waals surface area contributed by atoms with Crippen molar-refractivity contribution in [2.24, 2.45) is 0 Å². The maximum Gasteiger partial charge on any atom is 0.235 e. The summed E-state index contributed by atoms with van der Waals surface area (Å²) in [5, 5.41) is -0.233. The van der Waals surface area contributed by atoms with E-state index in [0.717, 1.165) is 5.56 Å². The van der Waals surface area contributed by atoms with Crippen LogP contribution in [0.1, 0.15) is 12.5 Å². The molecule has 0 aromatic heterocycles. The summed E-state index contributed by atoms with van der Waals surface area (Å²) in [4.78, 5) is 13.2. The van der Waals surface area contributed by atoms with E-state index in [4.69, 9.17) is 0 Å². The van der Waals surface area contributed by atoms with Crippen molar-refractivity contribution in [1.29, 1.82) is 0 Å². The summed E-state index contributed by atoms with van der Waals surface area (Å²) in [5.74, 6) is 0.0530. The molecule has 3 heteroatoms. The second-order valence-corrected chi connectivity index (χ2v) is 4.13. The van der Waals surface area contributed by atoms with Crippen molar-refractivity contribution in [3.05, 3.63) is 35.9 Å². The van der Waals surface area contributed by atoms with Crippen molar-refractivity contribution in [2.45, 2.75) is 18.7 Å². The van der Waals surface area contributed by atoms with E-state index in [9.17, 15) is 4.79 Å². The fourth-order valence-electron chi connectivity index (χ4n) is 1.25. The van der Waals surface area contributed by atoms with Crippen molar-refractivity contribution < 1.29 is 4.79 Å². The highest BCUT2D eigenvalue weighted by Gasteiger charge is 2.13. The van der Waals surface area contributed by atoms with Gasteiger partial charge in [0.2, 0.25) is 5.91 Å². The van der Waals surface area contributed by atoms with Crippen LogP contribution in [0.2, 0.25) is 0 Å². The van der Waals surface area contributed by atoms with Gasteiger partial charge in [-0.05, 0) is 12.5 Å². The Morgan fingerprint density at radius 2 is 2.00 bits per heavy atom. The number of amides is 1. The molecule has 0 aliphatic carbocycles. The van der Waals surface area contributed by atoms with Gasteiger partial charge in [0.25, 0.3) is 0 Å². The number of nitrogens with zero attached hydrogens (tertiary/aromatic N) is 1. The molecule has 1 amide bonds. The molecule has 0 saturated heterocycles. The first-order chi connectivity index (χ1) is 6.61. The number of hydrogen-bond donors (Lipinski definition) is 1. The smallest absolute Gasteiger partial charge is 0.235 e. The van der Waals surface area contributed by atoms with Crippen LogP contribution in [0.4, 0.5) is 0 Å². The maximum atomic E-state index is 11.5. The number of rotatable bonds is 3. The molecule has 1 aromatic carbocycles. The monoisotopic (exact) mass is 209 g/mol. The molecule has 0 aliphatic heterocycles. The molecule has 0 N–H and O–H groups in total. The van der Waals surface area contributed by atoms with Crippen LogP contribution >= 0.6 is 12.6 Å². The summed E-state index contributed by atoms with van der Waals surface area (Å²) in [6.07, 6.45) is 0. The maximum absolute atomic E-state index is 11.5. The first-order valence-corrected chi connectivity index (χ1v) is 5.10. The summed E-state index contributed by atoms with van der Waals surface area (Å²) >= 11 is 4.11. The largest absolute Gasteiger partial charge is 0.340 e. The average Bonchev–Trinajstić information content (AvgIpc) is 2.18. The van der Waals surface area contributed by atoms with Gasteiger partial charge >= 0.3 is 0 Å². The summed E-state index contributed by atoms with van der Waals surface area (Å²) in [7, 11) is 1.79. The summed E-state index contributed by atoms with van der Waals surface area (Å²) < 4.78 is 0. The molecule has 1 aromatic rings. The van der Waals surface area contributed by atoms with E-state index in [1.54, 1.807) is 18.9 Å². The van der Waals surface area contributed by atoms with Crippen LogP contribution in [0.3, 0.4) is 0 Å². The summed E-state index contributed by atoms with van der Waals surface area (Å²) in [6, 6.07) is 9.92. The molecule has 0 radical (unpaired) electrons. The molecule has 0 fully saturated rings. The lowest BCUT2D eigenvalue weighted by molar-refractivity contribution is -0.129. The molecule has 0 bridgehead atoms. The summed E-state index contributed by atoms with van der Waals surface area (Å²) in [6.45, 7) is 2.43. The van der Waals surface area contributed by atoms with Gasteiger partial charge in [0.1, 0.15) is 0 Å². The van der Waals surface area contributed by atoms with Gasteiger partial charge in [-0.3, -0.25) is 4.79 Å². The van der Waals surface area contributed by atoms with Gasteiger partial charge in [-0.2, -0.15) is 12.6 Å². The lowest BCUT2D eigenvalue weighted by atomic mass is 10.2. The SMILES string of the molecule is CC(S)C(=O)N(C)Cc1ccccc1. The van der Waals surface area contributed by atoms with Crippen LogP contribution in [0.25, 0.3) is 0 Å². The predicted molar refractivity (Wildman–Crippen MR) is 61.4 cm³/mol. The molecule has 0 spiro atoms. The molecule has 0 aliphatic rings. The third-order valence-electron chi connectivity index (χ3n) is 2.00. The first-order valence-electron chi connectivity index (χ1n) is 4.58. The van der Waals surface area contributed by atoms with Crippen LogP contribution in [0.15, 0.2) is 30.3 Å². The van der Waals surface area contributed by atoms with E-state index in [1.807, 2.05) is 30.3 Å². The van der Waals surface area contributed by atoms with Crippen molar-refractivity contribution in [1.82, 2.24) is 4.90 Å². The van der Waals surface area contributed by atoms with Crippen molar-refractivity contribution >= 4 is 18.5 Å². The Labute approximate surface area is 90.3 Å². The van der Waals surface area contributed by atoms with E-state index < -0.39 is 0 Å². The van der Waals surface area contributed by atoms with E-state index in [2.05, 4.69) is 12.6 Å². The van der Waals surface area contributed by atoms with Gasteiger partial charge in [0, 0.05) is 13.6 Å². The quantitative estimate of drug-likeness (QED) is 0.755. The average molecular weight is 209 g/mol. The Balaban J connectivity index is 2.57. The van der Waals surface area contributed by atoms with E-state index in [-0.39, 0.29) is 11.2 Å². The van der Waals surface area contributed by atoms with Gasteiger partial charge < -0.3 is 4.90 Å². The molecule has 1 rings (SSSR count). The van der Waals surface area contributed by atoms with E-state index >= 15 is 0 Å². The molecule has 0 saturated carbocycles. The number of benzene rings is 1. The fourth-order valence-corrected chi connectivity index (χ4v) is 1.45. The lowest BCUT2D eigenvalue weighted by Crippen LogP contribution is -2.31. The molecule has 0 heterocycles. The number of carbonyl (C=O) groups excluding carboxylic acids is 1. The predicted octanol–water partition coefficient (Wildman–Crippen LogP) is 1.96. The third-order valence-corrected chi connectivity index (χ3v) is 2.22. The van der Waals surface area contributed by atoms with E-state index in [0.29, 0.717) is 6.54 Å². The molecular formula is C11H15NOS. The zero-order chi connectivity index (χ0) is 10.6. The normalized spacial score (nSPS) is 12.2. The Morgan fingerprint density at radius 3 is 2.50 bits per heavy atom. The molecule has 76 valence electrons. The highest BCUT2D eigenvalue weighted by molar-refractivity contribution is 7.81. The first kappa shape index (κ1) is 11.1. The van der Waals surface area contributed by atoms with Gasteiger partial charge in [0.15, 0.2) is 0 Å². The van der Waals surface area contributed by atoms with Crippen molar-refractivity contribution in [3.8, 4) is 0 Å². The van der Waals surface area contributed by atoms with Gasteiger partial charge in [-0.15, -0.1) is 0 Å². The summed E-state index contributed by atoms with van der Waals surface area (Å²) in [5.41, 5.74) is 1.14. The Morgan fingerprint density at radius 1 is 1.43 bits per heavy atom. The minimum absolute atomic E-state index is 0.0530. The number of thiol groups is 1. The molecular weight excluding hydrogens is 194 g/mol. The standard InChI is InChI=1S/C11H15NOS/c1-9(14)11(13)12(2)8-10-6-4-3-5-7-10/h3-7,9,14H,8H2,1-2H3. The lowest BCUT2D eigenvalue weighted by Gasteiger charge is -2.18. The van der Waals surface area contributed by atoms with Crippen LogP contribution in [0, 0.1) is 0 Å².